The molecule has 4 aromatic rings. The zero-order chi connectivity index (χ0) is 31.5. The summed E-state index contributed by atoms with van der Waals surface area (Å²) < 4.78 is 28.2. The zero-order valence-corrected chi connectivity index (χ0v) is 25.4. The van der Waals surface area contributed by atoms with Crippen LogP contribution in [0.1, 0.15) is 46.4 Å². The highest BCUT2D eigenvalue weighted by Gasteiger charge is 2.15. The van der Waals surface area contributed by atoms with Gasteiger partial charge >= 0.3 is 0 Å². The number of sulfonamides is 1. The van der Waals surface area contributed by atoms with Crippen LogP contribution in [-0.2, 0) is 47.4 Å². The van der Waals surface area contributed by atoms with E-state index in [1.165, 1.54) is 12.1 Å². The zero-order valence-electron chi connectivity index (χ0n) is 24.6. The summed E-state index contributed by atoms with van der Waals surface area (Å²) in [5.41, 5.74) is 4.40. The maximum absolute atomic E-state index is 12.8. The fourth-order valence-electron chi connectivity index (χ4n) is 4.79. The second kappa shape index (κ2) is 15.6. The molecule has 1 amide bonds. The molecule has 232 valence electrons. The summed E-state index contributed by atoms with van der Waals surface area (Å²) in [5.74, 6) is -0.186. The Kier molecular flexibility index (Phi) is 11.6. The molecule has 4 rings (SSSR count). The van der Waals surface area contributed by atoms with Crippen LogP contribution >= 0.6 is 0 Å². The summed E-state index contributed by atoms with van der Waals surface area (Å²) in [7, 11) is -3.71. The molecule has 10 heteroatoms. The van der Waals surface area contributed by atoms with E-state index in [1.54, 1.807) is 30.3 Å². The molecule has 0 heterocycles. The van der Waals surface area contributed by atoms with Gasteiger partial charge in [-0.05, 0) is 65.4 Å². The first-order valence-electron chi connectivity index (χ1n) is 14.4. The molecule has 0 aromatic heterocycles. The van der Waals surface area contributed by atoms with Gasteiger partial charge in [0.2, 0.25) is 15.9 Å². The predicted molar refractivity (Wildman–Crippen MR) is 169 cm³/mol. The third kappa shape index (κ3) is 9.73. The SMILES string of the molecule is C[C@H](Cc1cccc(CC(=O)NCc2cccc(S(=O)(=O)NCc3ccccc3)c2)c1)NC[C@H](O)c1ccc(O)c(CO)c1. The maximum Gasteiger partial charge on any atom is 0.240 e. The van der Waals surface area contributed by atoms with Gasteiger partial charge in [0.25, 0.3) is 0 Å². The lowest BCUT2D eigenvalue weighted by Crippen LogP contribution is -2.32. The van der Waals surface area contributed by atoms with Crippen LogP contribution in [0.25, 0.3) is 0 Å². The summed E-state index contributed by atoms with van der Waals surface area (Å²) >= 11 is 0. The molecule has 0 spiro atoms. The number of carbonyl (C=O) groups excluding carboxylic acids is 1. The van der Waals surface area contributed by atoms with Crippen molar-refractivity contribution >= 4 is 15.9 Å². The van der Waals surface area contributed by atoms with Crippen LogP contribution in [-0.4, -0.2) is 42.2 Å². The van der Waals surface area contributed by atoms with Gasteiger partial charge in [-0.15, -0.1) is 0 Å². The number of rotatable bonds is 15. The molecular formula is C34H39N3O6S. The molecule has 9 nitrogen and oxygen atoms in total. The first kappa shape index (κ1) is 32.8. The van der Waals surface area contributed by atoms with E-state index in [0.717, 1.165) is 16.7 Å². The highest BCUT2D eigenvalue weighted by atomic mass is 32.2. The highest BCUT2D eigenvalue weighted by Crippen LogP contribution is 2.22. The van der Waals surface area contributed by atoms with E-state index in [-0.39, 0.29) is 48.7 Å². The standard InChI is InChI=1S/C34H39N3O6S/c1-24(35-22-33(40)29-13-14-32(39)30(19-29)23-38)15-26-9-5-10-27(16-26)18-34(41)36-20-28-11-6-12-31(17-28)44(42,43)37-21-25-7-3-2-4-8-25/h2-14,16-17,19,24,33,35,37-40H,15,18,20-23H2,1H3,(H,36,41)/t24-,33+/m1/s1. The van der Waals surface area contributed by atoms with Gasteiger partial charge in [0, 0.05) is 31.2 Å². The highest BCUT2D eigenvalue weighted by molar-refractivity contribution is 7.89. The molecular weight excluding hydrogens is 578 g/mol. The van der Waals surface area contributed by atoms with Gasteiger partial charge in [-0.2, -0.15) is 0 Å². The van der Waals surface area contributed by atoms with Crippen LogP contribution in [0, 0.1) is 0 Å². The summed E-state index contributed by atoms with van der Waals surface area (Å²) in [6.45, 7) is 2.38. The second-order valence-electron chi connectivity index (χ2n) is 10.8. The van der Waals surface area contributed by atoms with Gasteiger partial charge in [-0.1, -0.05) is 72.8 Å². The molecule has 0 aliphatic heterocycles. The fourth-order valence-corrected chi connectivity index (χ4v) is 5.88. The van der Waals surface area contributed by atoms with Crippen molar-refractivity contribution in [3.05, 3.63) is 130 Å². The molecule has 0 aliphatic carbocycles. The van der Waals surface area contributed by atoms with Crippen molar-refractivity contribution < 1.29 is 28.5 Å². The Morgan fingerprint density at radius 1 is 0.818 bits per heavy atom. The Morgan fingerprint density at radius 3 is 2.30 bits per heavy atom. The van der Waals surface area contributed by atoms with Crippen LogP contribution in [0.4, 0.5) is 0 Å². The molecule has 6 N–H and O–H groups in total. The quantitative estimate of drug-likeness (QED) is 0.120. The van der Waals surface area contributed by atoms with E-state index < -0.39 is 16.1 Å². The number of hydrogen-bond acceptors (Lipinski definition) is 7. The Bertz CT molecular complexity index is 1650. The van der Waals surface area contributed by atoms with Crippen molar-refractivity contribution in [1.29, 1.82) is 0 Å². The number of amides is 1. The average molecular weight is 618 g/mol. The minimum absolute atomic E-state index is 0.00861. The van der Waals surface area contributed by atoms with Crippen LogP contribution < -0.4 is 15.4 Å². The van der Waals surface area contributed by atoms with Gasteiger partial charge < -0.3 is 26.0 Å². The van der Waals surface area contributed by atoms with E-state index in [4.69, 9.17) is 0 Å². The normalized spacial score (nSPS) is 12.9. The summed E-state index contributed by atoms with van der Waals surface area (Å²) in [6.07, 6.45) is 0.0582. The van der Waals surface area contributed by atoms with Crippen molar-refractivity contribution in [1.82, 2.24) is 15.4 Å². The van der Waals surface area contributed by atoms with E-state index >= 15 is 0 Å². The number of aliphatic hydroxyl groups excluding tert-OH is 2. The fraction of sp³-hybridized carbons (Fsp3) is 0.265. The second-order valence-corrected chi connectivity index (χ2v) is 12.6. The molecule has 0 radical (unpaired) electrons. The van der Waals surface area contributed by atoms with Crippen molar-refractivity contribution in [2.75, 3.05) is 6.54 Å². The third-order valence-corrected chi connectivity index (χ3v) is 8.62. The lowest BCUT2D eigenvalue weighted by Gasteiger charge is -2.18. The smallest absolute Gasteiger partial charge is 0.240 e. The van der Waals surface area contributed by atoms with Crippen molar-refractivity contribution in [2.45, 2.75) is 56.5 Å². The van der Waals surface area contributed by atoms with Gasteiger partial charge in [-0.3, -0.25) is 4.79 Å². The van der Waals surface area contributed by atoms with E-state index in [0.29, 0.717) is 29.7 Å². The molecule has 0 unspecified atom stereocenters. The van der Waals surface area contributed by atoms with Crippen LogP contribution in [0.5, 0.6) is 5.75 Å². The molecule has 0 saturated carbocycles. The van der Waals surface area contributed by atoms with Gasteiger partial charge in [0.15, 0.2) is 0 Å². The topological polar surface area (TPSA) is 148 Å². The number of aliphatic hydroxyl groups is 2. The van der Waals surface area contributed by atoms with E-state index in [9.17, 15) is 28.5 Å². The van der Waals surface area contributed by atoms with Gasteiger partial charge in [0.1, 0.15) is 5.75 Å². The van der Waals surface area contributed by atoms with Crippen LogP contribution in [0.2, 0.25) is 0 Å². The number of nitrogens with one attached hydrogen (secondary N) is 3. The number of hydrogen-bond donors (Lipinski definition) is 6. The monoisotopic (exact) mass is 617 g/mol. The Labute approximate surface area is 258 Å². The largest absolute Gasteiger partial charge is 0.508 e. The number of benzene rings is 4. The van der Waals surface area contributed by atoms with Crippen LogP contribution in [0.3, 0.4) is 0 Å². The van der Waals surface area contributed by atoms with Gasteiger partial charge in [-0.25, -0.2) is 13.1 Å². The average Bonchev–Trinajstić information content (AvgIpc) is 3.03. The molecule has 44 heavy (non-hydrogen) atoms. The number of phenols is 1. The summed E-state index contributed by atoms with van der Waals surface area (Å²) in [4.78, 5) is 12.9. The first-order chi connectivity index (χ1) is 21.1. The molecule has 0 fully saturated rings. The number of aromatic hydroxyl groups is 1. The molecule has 4 aromatic carbocycles. The predicted octanol–water partition coefficient (Wildman–Crippen LogP) is 3.48. The Morgan fingerprint density at radius 2 is 1.52 bits per heavy atom. The number of carbonyl (C=O) groups is 1. The Balaban J connectivity index is 1.25. The minimum atomic E-state index is -3.71. The van der Waals surface area contributed by atoms with Crippen molar-refractivity contribution in [2.24, 2.45) is 0 Å². The molecule has 2 atom stereocenters. The van der Waals surface area contributed by atoms with Crippen molar-refractivity contribution in [3.63, 3.8) is 0 Å². The molecule has 0 bridgehead atoms. The lowest BCUT2D eigenvalue weighted by atomic mass is 10.0. The van der Waals surface area contributed by atoms with Gasteiger partial charge in [0.05, 0.1) is 24.0 Å². The molecule has 0 saturated heterocycles. The minimum Gasteiger partial charge on any atom is -0.508 e. The third-order valence-electron chi connectivity index (χ3n) is 7.22. The lowest BCUT2D eigenvalue weighted by molar-refractivity contribution is -0.120. The van der Waals surface area contributed by atoms with Crippen molar-refractivity contribution in [3.8, 4) is 5.75 Å². The van der Waals surface area contributed by atoms with E-state index in [2.05, 4.69) is 15.4 Å². The Hall–Kier alpha value is -4.06. The van der Waals surface area contributed by atoms with E-state index in [1.807, 2.05) is 61.5 Å². The summed E-state index contributed by atoms with van der Waals surface area (Å²) in [6, 6.07) is 28.3. The van der Waals surface area contributed by atoms with Crippen LogP contribution in [0.15, 0.2) is 102 Å². The maximum atomic E-state index is 12.8. The summed E-state index contributed by atoms with van der Waals surface area (Å²) in [5, 5.41) is 35.8. The molecule has 0 aliphatic rings. The first-order valence-corrected chi connectivity index (χ1v) is 15.9.